The molecule has 0 amide bonds. The second-order valence-electron chi connectivity index (χ2n) is 7.40. The zero-order valence-corrected chi connectivity index (χ0v) is 14.0. The molecule has 0 aromatic carbocycles. The van der Waals surface area contributed by atoms with E-state index in [1.165, 1.54) is 12.0 Å². The predicted octanol–water partition coefficient (Wildman–Crippen LogP) is 3.84. The normalized spacial score (nSPS) is 30.4. The smallest absolute Gasteiger partial charge is 0.138 e. The molecule has 2 rings (SSSR count). The Labute approximate surface area is 134 Å². The Morgan fingerprint density at radius 2 is 1.91 bits per heavy atom. The second kappa shape index (κ2) is 8.05. The molecule has 4 atom stereocenters. The van der Waals surface area contributed by atoms with Gasteiger partial charge in [-0.2, -0.15) is 0 Å². The summed E-state index contributed by atoms with van der Waals surface area (Å²) in [6.45, 7) is 4.24. The number of rotatable bonds is 8. The van der Waals surface area contributed by atoms with Crippen molar-refractivity contribution in [2.24, 2.45) is 17.8 Å². The van der Waals surface area contributed by atoms with Gasteiger partial charge in [-0.3, -0.25) is 9.59 Å². The molecule has 0 heterocycles. The first-order valence-corrected chi connectivity index (χ1v) is 8.85. The zero-order chi connectivity index (χ0) is 16.1. The van der Waals surface area contributed by atoms with E-state index in [9.17, 15) is 14.7 Å². The zero-order valence-electron chi connectivity index (χ0n) is 14.0. The number of aliphatic hydroxyl groups is 1. The van der Waals surface area contributed by atoms with E-state index in [0.717, 1.165) is 25.7 Å². The Hall–Kier alpha value is -0.960. The molecule has 2 fully saturated rings. The highest BCUT2D eigenvalue weighted by Gasteiger charge is 2.50. The van der Waals surface area contributed by atoms with Crippen LogP contribution in [0, 0.1) is 17.8 Å². The number of carbonyl (C=O) groups excluding carboxylic acids is 2. The number of ketones is 2. The van der Waals surface area contributed by atoms with Crippen molar-refractivity contribution in [1.82, 2.24) is 0 Å². The fourth-order valence-electron chi connectivity index (χ4n) is 4.19. The number of unbranched alkanes of at least 4 members (excludes halogenated alkanes) is 4. The number of Topliss-reactive ketones (excluding diaryl/α,β-unsaturated/α-hetero) is 2. The second-order valence-corrected chi connectivity index (χ2v) is 7.40. The van der Waals surface area contributed by atoms with Crippen molar-refractivity contribution in [1.29, 1.82) is 0 Å². The molecule has 0 bridgehead atoms. The van der Waals surface area contributed by atoms with Crippen LogP contribution in [0.25, 0.3) is 0 Å². The molecule has 3 nitrogen and oxygen atoms in total. The van der Waals surface area contributed by atoms with Crippen LogP contribution in [0.2, 0.25) is 0 Å². The third kappa shape index (κ3) is 4.52. The Bertz CT molecular complexity index is 434. The van der Waals surface area contributed by atoms with E-state index in [1.807, 2.05) is 0 Å². The molecule has 0 aromatic heterocycles. The Kier molecular flexibility index (Phi) is 6.37. The highest BCUT2D eigenvalue weighted by atomic mass is 16.3. The third-order valence-electron chi connectivity index (χ3n) is 5.28. The van der Waals surface area contributed by atoms with Crippen LogP contribution in [0.3, 0.4) is 0 Å². The lowest BCUT2D eigenvalue weighted by molar-refractivity contribution is -0.127. The quantitative estimate of drug-likeness (QED) is 0.547. The molecule has 124 valence electrons. The summed E-state index contributed by atoms with van der Waals surface area (Å²) in [6, 6.07) is 0. The molecular formula is C19H30O3. The van der Waals surface area contributed by atoms with Gasteiger partial charge in [0.25, 0.3) is 0 Å². The first-order valence-electron chi connectivity index (χ1n) is 8.85. The molecule has 0 aliphatic heterocycles. The number of hydrogen-bond donors (Lipinski definition) is 1. The van der Waals surface area contributed by atoms with E-state index >= 15 is 0 Å². The van der Waals surface area contributed by atoms with Gasteiger partial charge in [0.1, 0.15) is 11.6 Å². The van der Waals surface area contributed by atoms with Crippen LogP contribution >= 0.6 is 0 Å². The lowest BCUT2D eigenvalue weighted by atomic mass is 9.86. The molecular weight excluding hydrogens is 276 g/mol. The van der Waals surface area contributed by atoms with Gasteiger partial charge >= 0.3 is 0 Å². The van der Waals surface area contributed by atoms with Crippen LogP contribution in [-0.4, -0.2) is 22.8 Å². The maximum absolute atomic E-state index is 12.4. The molecule has 2 saturated carbocycles. The lowest BCUT2D eigenvalue weighted by Gasteiger charge is -2.19. The third-order valence-corrected chi connectivity index (χ3v) is 5.28. The first kappa shape index (κ1) is 17.4. The summed E-state index contributed by atoms with van der Waals surface area (Å²) in [5.74, 6) is 0.605. The van der Waals surface area contributed by atoms with Gasteiger partial charge in [-0.25, -0.2) is 0 Å². The number of fused-ring (bicyclic) bond motifs is 1. The summed E-state index contributed by atoms with van der Waals surface area (Å²) >= 11 is 0. The minimum absolute atomic E-state index is 0.132. The fourth-order valence-corrected chi connectivity index (χ4v) is 4.19. The predicted molar refractivity (Wildman–Crippen MR) is 87.5 cm³/mol. The summed E-state index contributed by atoms with van der Waals surface area (Å²) in [5, 5.41) is 10.1. The van der Waals surface area contributed by atoms with Crippen LogP contribution in [-0.2, 0) is 9.59 Å². The highest BCUT2D eigenvalue weighted by Crippen LogP contribution is 2.47. The lowest BCUT2D eigenvalue weighted by Crippen LogP contribution is -2.28. The van der Waals surface area contributed by atoms with Crippen molar-refractivity contribution in [3.8, 4) is 0 Å². The van der Waals surface area contributed by atoms with Crippen LogP contribution in [0.15, 0.2) is 11.6 Å². The van der Waals surface area contributed by atoms with Crippen molar-refractivity contribution >= 4 is 11.6 Å². The molecule has 3 heteroatoms. The van der Waals surface area contributed by atoms with Crippen LogP contribution in [0.4, 0.5) is 0 Å². The van der Waals surface area contributed by atoms with Crippen molar-refractivity contribution in [2.45, 2.75) is 77.7 Å². The van der Waals surface area contributed by atoms with Gasteiger partial charge in [0.05, 0.1) is 6.10 Å². The SMILES string of the molecule is CC(C)=CCCCCCCC(=O)[C@@H]1C2CC(=O)CC2C[C@H]1O. The number of hydrogen-bond acceptors (Lipinski definition) is 3. The van der Waals surface area contributed by atoms with Gasteiger partial charge in [-0.15, -0.1) is 0 Å². The van der Waals surface area contributed by atoms with Gasteiger partial charge in [-0.1, -0.05) is 24.5 Å². The van der Waals surface area contributed by atoms with E-state index in [4.69, 9.17) is 0 Å². The number of carbonyl (C=O) groups is 2. The first-order chi connectivity index (χ1) is 10.5. The van der Waals surface area contributed by atoms with Crippen LogP contribution < -0.4 is 0 Å². The van der Waals surface area contributed by atoms with E-state index < -0.39 is 6.10 Å². The monoisotopic (exact) mass is 306 g/mol. The molecule has 0 aromatic rings. The van der Waals surface area contributed by atoms with E-state index in [2.05, 4.69) is 19.9 Å². The summed E-state index contributed by atoms with van der Waals surface area (Å²) in [6.07, 6.45) is 9.54. The standard InChI is InChI=1S/C19H30O3/c1-13(2)8-6-4-3-5-7-9-17(21)19-16-12-15(20)10-14(16)11-18(19)22/h8,14,16,18-19,22H,3-7,9-12H2,1-2H3/t14?,16?,18-,19+/m1/s1. The average Bonchev–Trinajstić information content (AvgIpc) is 2.91. The topological polar surface area (TPSA) is 54.4 Å². The van der Waals surface area contributed by atoms with E-state index in [-0.39, 0.29) is 29.3 Å². The van der Waals surface area contributed by atoms with Crippen molar-refractivity contribution < 1.29 is 14.7 Å². The van der Waals surface area contributed by atoms with Crippen LogP contribution in [0.1, 0.15) is 71.6 Å². The van der Waals surface area contributed by atoms with Crippen LogP contribution in [0.5, 0.6) is 0 Å². The Balaban J connectivity index is 1.67. The van der Waals surface area contributed by atoms with Gasteiger partial charge in [0.2, 0.25) is 0 Å². The van der Waals surface area contributed by atoms with Gasteiger partial charge in [0, 0.05) is 25.2 Å². The molecule has 2 aliphatic carbocycles. The summed E-state index contributed by atoms with van der Waals surface area (Å²) < 4.78 is 0. The minimum Gasteiger partial charge on any atom is -0.392 e. The van der Waals surface area contributed by atoms with Crippen molar-refractivity contribution in [2.75, 3.05) is 0 Å². The summed E-state index contributed by atoms with van der Waals surface area (Å²) in [7, 11) is 0. The summed E-state index contributed by atoms with van der Waals surface area (Å²) in [4.78, 5) is 23.9. The minimum atomic E-state index is -0.506. The molecule has 22 heavy (non-hydrogen) atoms. The van der Waals surface area contributed by atoms with Gasteiger partial charge < -0.3 is 5.11 Å². The molecule has 2 unspecified atom stereocenters. The molecule has 1 N–H and O–H groups in total. The summed E-state index contributed by atoms with van der Waals surface area (Å²) in [5.41, 5.74) is 1.37. The van der Waals surface area contributed by atoms with E-state index in [1.54, 1.807) is 0 Å². The Morgan fingerprint density at radius 1 is 1.18 bits per heavy atom. The maximum atomic E-state index is 12.4. The van der Waals surface area contributed by atoms with Gasteiger partial charge in [-0.05, 0) is 51.4 Å². The highest BCUT2D eigenvalue weighted by molar-refractivity contribution is 5.86. The maximum Gasteiger partial charge on any atom is 0.138 e. The number of aliphatic hydroxyl groups excluding tert-OH is 1. The van der Waals surface area contributed by atoms with E-state index in [0.29, 0.717) is 25.7 Å². The Morgan fingerprint density at radius 3 is 2.64 bits per heavy atom. The molecule has 0 spiro atoms. The number of allylic oxidation sites excluding steroid dienone is 2. The largest absolute Gasteiger partial charge is 0.392 e. The van der Waals surface area contributed by atoms with Crippen molar-refractivity contribution in [3.05, 3.63) is 11.6 Å². The molecule has 0 saturated heterocycles. The average molecular weight is 306 g/mol. The van der Waals surface area contributed by atoms with Gasteiger partial charge in [0.15, 0.2) is 0 Å². The molecule has 0 radical (unpaired) electrons. The van der Waals surface area contributed by atoms with Crippen molar-refractivity contribution in [3.63, 3.8) is 0 Å². The molecule has 2 aliphatic rings. The fraction of sp³-hybridized carbons (Fsp3) is 0.789.